The average molecular weight is 1630 g/mol. The molecule has 2 aliphatic carbocycles. The van der Waals surface area contributed by atoms with Gasteiger partial charge in [-0.1, -0.05) is 65.5 Å². The highest BCUT2D eigenvalue weighted by Gasteiger charge is 2.75. The average Bonchev–Trinajstić information content (AvgIpc) is 0.943. The van der Waals surface area contributed by atoms with Crippen LogP contribution in [-0.2, 0) is 66.7 Å². The molecule has 4 fully saturated rings. The van der Waals surface area contributed by atoms with Crippen molar-refractivity contribution in [1.82, 2.24) is 9.80 Å². The first-order valence-corrected chi connectivity index (χ1v) is 40.4. The SMILES string of the molecule is C/C=C/C1=CC2=CC3=C(C(=O)CCCCC)C(=O)OC3(C)C(=O)C2=CN1C1[C@](C)(O)[C@](C)(COC[C@]2(C)OC(C)(CO)[C@@](C)(O)[C@@](C)(O)C2N)C(C)(CO)O[C@@]1(C)O.C/C=C/C1=CC2=CC3=C(C(=O)CCCCC)C(=O)OC3(C)C(=O)C2=CN1C1[C@](C)(O)[C@](C)(O)C(C)(CO)O[C@@]1(C)COC[C@]1(C)C(C)(CO)OC(C)(C)C(N)[C@]1(C)O. The van der Waals surface area contributed by atoms with Crippen LogP contribution in [0.25, 0.3) is 0 Å². The highest BCUT2D eigenvalue weighted by atomic mass is 16.7. The van der Waals surface area contributed by atoms with Crippen molar-refractivity contribution in [2.75, 3.05) is 52.9 Å². The van der Waals surface area contributed by atoms with Crippen LogP contribution >= 0.6 is 0 Å². The number of ether oxygens (including phenoxy) is 8. The quantitative estimate of drug-likeness (QED) is 0.0311. The number of hydrogen-bond donors (Lipinski definition) is 13. The summed E-state index contributed by atoms with van der Waals surface area (Å²) in [7, 11) is 0. The number of allylic oxidation sites excluding steroid dienone is 8. The number of ketones is 4. The van der Waals surface area contributed by atoms with Crippen LogP contribution in [0.3, 0.4) is 0 Å². The van der Waals surface area contributed by atoms with Crippen molar-refractivity contribution in [1.29, 1.82) is 0 Å². The van der Waals surface area contributed by atoms with E-state index in [1.54, 1.807) is 123 Å². The predicted octanol–water partition coefficient (Wildman–Crippen LogP) is 4.91. The van der Waals surface area contributed by atoms with Gasteiger partial charge >= 0.3 is 11.9 Å². The topological polar surface area (TPSA) is 457 Å². The number of nitrogens with two attached hydrogens (primary N) is 2. The zero-order chi connectivity index (χ0) is 87.7. The van der Waals surface area contributed by atoms with Crippen LogP contribution in [0, 0.1) is 10.8 Å². The number of rotatable bonds is 26. The van der Waals surface area contributed by atoms with Crippen LogP contribution in [0.1, 0.15) is 211 Å². The van der Waals surface area contributed by atoms with Crippen molar-refractivity contribution >= 4 is 35.1 Å². The Balaban J connectivity index is 0.000000265. The molecule has 10 aliphatic rings. The molecule has 0 saturated carbocycles. The molecular formula is C87H130N4O25. The number of hydrogen-bond acceptors (Lipinski definition) is 29. The molecule has 10 rings (SSSR count). The van der Waals surface area contributed by atoms with E-state index in [1.165, 1.54) is 93.5 Å². The fraction of sp³-hybridized carbons (Fsp3) is 0.701. The van der Waals surface area contributed by atoms with Gasteiger partial charge in [-0.2, -0.15) is 0 Å². The normalized spacial score (nSPS) is 43.3. The Kier molecular flexibility index (Phi) is 25.1. The molecule has 4 saturated heterocycles. The molecule has 0 amide bonds. The van der Waals surface area contributed by atoms with Gasteiger partial charge in [-0.3, -0.25) is 19.2 Å². The monoisotopic (exact) mass is 1630 g/mol. The zero-order valence-electron chi connectivity index (χ0n) is 72.1. The van der Waals surface area contributed by atoms with Gasteiger partial charge in [0.25, 0.3) is 0 Å². The second-order valence-corrected chi connectivity index (χ2v) is 37.5. The molecule has 10 unspecified atom stereocenters. The summed E-state index contributed by atoms with van der Waals surface area (Å²) >= 11 is 0. The summed E-state index contributed by atoms with van der Waals surface area (Å²) in [5.41, 5.74) is -13.8. The van der Waals surface area contributed by atoms with Gasteiger partial charge in [0.05, 0.1) is 104 Å². The van der Waals surface area contributed by atoms with Crippen molar-refractivity contribution in [3.8, 4) is 0 Å². The minimum absolute atomic E-state index is 0.0956. The molecule has 0 aromatic heterocycles. The second-order valence-electron chi connectivity index (χ2n) is 37.5. The summed E-state index contributed by atoms with van der Waals surface area (Å²) in [6, 6.07) is -4.79. The van der Waals surface area contributed by atoms with Crippen molar-refractivity contribution < 1.29 is 123 Å². The Bertz CT molecular complexity index is 4270. The minimum Gasteiger partial charge on any atom is -0.442 e. The Morgan fingerprint density at radius 1 is 0.457 bits per heavy atom. The van der Waals surface area contributed by atoms with Gasteiger partial charge in [0.2, 0.25) is 11.6 Å². The molecule has 0 aromatic rings. The van der Waals surface area contributed by atoms with Gasteiger partial charge < -0.3 is 115 Å². The maximum absolute atomic E-state index is 14.6. The Morgan fingerprint density at radius 3 is 1.22 bits per heavy atom. The molecule has 21 atom stereocenters. The van der Waals surface area contributed by atoms with Gasteiger partial charge in [0.1, 0.15) is 67.6 Å². The molecule has 29 nitrogen and oxygen atoms in total. The van der Waals surface area contributed by atoms with Crippen LogP contribution in [-0.4, -0.2) is 268 Å². The van der Waals surface area contributed by atoms with Crippen LogP contribution < -0.4 is 11.5 Å². The van der Waals surface area contributed by atoms with E-state index in [0.717, 1.165) is 25.7 Å². The molecule has 29 heteroatoms. The van der Waals surface area contributed by atoms with Crippen LogP contribution in [0.5, 0.6) is 0 Å². The lowest BCUT2D eigenvalue weighted by Gasteiger charge is -2.65. The number of carbonyl (C=O) groups is 6. The number of nitrogens with zero attached hydrogens (tertiary/aromatic N) is 2. The Morgan fingerprint density at radius 2 is 0.828 bits per heavy atom. The van der Waals surface area contributed by atoms with Crippen LogP contribution in [0.2, 0.25) is 0 Å². The Hall–Kier alpha value is -6.14. The fourth-order valence-corrected chi connectivity index (χ4v) is 19.7. The first-order chi connectivity index (χ1) is 53.1. The van der Waals surface area contributed by atoms with E-state index in [2.05, 4.69) is 0 Å². The summed E-state index contributed by atoms with van der Waals surface area (Å²) in [5, 5.41) is 128. The lowest BCUT2D eigenvalue weighted by molar-refractivity contribution is -0.398. The third-order valence-electron chi connectivity index (χ3n) is 28.7. The van der Waals surface area contributed by atoms with Crippen LogP contribution in [0.4, 0.5) is 0 Å². The van der Waals surface area contributed by atoms with Crippen LogP contribution in [0.15, 0.2) is 117 Å². The van der Waals surface area contributed by atoms with E-state index in [9.17, 15) is 84.9 Å². The van der Waals surface area contributed by atoms with E-state index in [-0.39, 0.29) is 78.5 Å². The minimum atomic E-state index is -2.21. The summed E-state index contributed by atoms with van der Waals surface area (Å²) in [4.78, 5) is 85.3. The number of aliphatic hydroxyl groups is 11. The first kappa shape index (κ1) is 93.7. The number of aliphatic hydroxyl groups excluding tert-OH is 4. The van der Waals surface area contributed by atoms with E-state index >= 15 is 0 Å². The molecule has 0 aromatic carbocycles. The molecule has 0 bridgehead atoms. The Labute approximate surface area is 681 Å². The van der Waals surface area contributed by atoms with Crippen molar-refractivity contribution in [3.63, 3.8) is 0 Å². The van der Waals surface area contributed by atoms with E-state index < -0.39 is 181 Å². The number of unbranched alkanes of at least 4 members (excludes halogenated alkanes) is 4. The van der Waals surface area contributed by atoms with E-state index in [0.29, 0.717) is 35.4 Å². The molecule has 8 aliphatic heterocycles. The molecule has 0 radical (unpaired) electrons. The highest BCUT2D eigenvalue weighted by Crippen LogP contribution is 2.60. The van der Waals surface area contributed by atoms with Gasteiger partial charge in [0.15, 0.2) is 28.6 Å². The zero-order valence-corrected chi connectivity index (χ0v) is 72.1. The van der Waals surface area contributed by atoms with Gasteiger partial charge in [0, 0.05) is 58.9 Å². The molecular weight excluding hydrogens is 1500 g/mol. The maximum Gasteiger partial charge on any atom is 0.343 e. The van der Waals surface area contributed by atoms with Gasteiger partial charge in [-0.05, 0) is 192 Å². The maximum atomic E-state index is 14.6. The summed E-state index contributed by atoms with van der Waals surface area (Å²) in [6.45, 7) is 32.8. The van der Waals surface area contributed by atoms with Crippen molar-refractivity contribution in [3.05, 3.63) is 117 Å². The summed E-state index contributed by atoms with van der Waals surface area (Å²) < 4.78 is 49.9. The lowest BCUT2D eigenvalue weighted by atomic mass is 9.57. The number of carbonyl (C=O) groups excluding carboxylic acids is 6. The molecule has 0 spiro atoms. The summed E-state index contributed by atoms with van der Waals surface area (Å²) in [6.07, 6.45) is 21.3. The molecule has 648 valence electrons. The smallest absolute Gasteiger partial charge is 0.343 e. The third kappa shape index (κ3) is 14.1. The van der Waals surface area contributed by atoms with Crippen molar-refractivity contribution in [2.45, 2.75) is 325 Å². The van der Waals surface area contributed by atoms with E-state index in [4.69, 9.17) is 49.4 Å². The predicted molar refractivity (Wildman–Crippen MR) is 426 cm³/mol. The summed E-state index contributed by atoms with van der Waals surface area (Å²) in [5.74, 6) is -5.90. The lowest BCUT2D eigenvalue weighted by Crippen LogP contribution is -2.83. The standard InChI is InChI=1S/C44H66N2O12.C43H64N2O13/c1-13-15-16-18-30(49)31-29-20-26-19-27(17-14-2)46(21-28(26)32(50)41(29,9)56-33(31)51)35-37(5,58-40(8,23-48)44(12,54)43(35,11)53)24-55-25-38(6)39(7,22-47)57-36(3,4)34(45)42(38,10)52;1-12-14-15-17-29(48)30-28-19-25-18-26(16-13-2)45(20-27(25)31(49)39(28,7)56-32(30)50)34-41(9,52)36(4,37(5,21-46)58-42(34,10)53)24-55-23-35(3)33(44)40(8,51)43(11,54)38(6,22-47)57-35/h14,17,19-21,34-35,47-48,52-54H,13,15-16,18,22-25,45H2,1-12H3;13,16,18-20,33-34,46-47,51-54H,12,14-15,17,21-24,44H2,1-11H3/b17-14+;16-13+/t34?,35?,37-,38+,39?,40?,41?,42-,43-,44+;33?,34?,35-,36+,37?,38?,39?,40-,41-,42+,43+/m00/s1. The van der Waals surface area contributed by atoms with Gasteiger partial charge in [-0.15, -0.1) is 0 Å². The highest BCUT2D eigenvalue weighted by molar-refractivity contribution is 6.26. The molecule has 15 N–H and O–H groups in total. The number of Topliss-reactive ketones (excluding diaryl/α,β-unsaturated/α-hetero) is 4. The second kappa shape index (κ2) is 31.1. The number of esters is 2. The largest absolute Gasteiger partial charge is 0.442 e. The van der Waals surface area contributed by atoms with Gasteiger partial charge in [-0.25, -0.2) is 9.59 Å². The molecule has 8 heterocycles. The third-order valence-corrected chi connectivity index (χ3v) is 28.7. The fourth-order valence-electron chi connectivity index (χ4n) is 19.7. The van der Waals surface area contributed by atoms with E-state index in [1.807, 2.05) is 13.8 Å². The van der Waals surface area contributed by atoms with Crippen molar-refractivity contribution in [2.24, 2.45) is 22.3 Å². The molecule has 116 heavy (non-hydrogen) atoms. The first-order valence-electron chi connectivity index (χ1n) is 40.4. The number of fused-ring (bicyclic) bond motifs is 4.